The Kier molecular flexibility index (Phi) is 7.68. The number of amides is 1. The quantitative estimate of drug-likeness (QED) is 0.301. The lowest BCUT2D eigenvalue weighted by molar-refractivity contribution is -0.156. The van der Waals surface area contributed by atoms with Gasteiger partial charge in [-0.15, -0.1) is 6.58 Å². The number of piperidine rings is 1. The van der Waals surface area contributed by atoms with Gasteiger partial charge in [0.2, 0.25) is 5.91 Å². The number of rotatable bonds is 7. The summed E-state index contributed by atoms with van der Waals surface area (Å²) < 4.78 is 0. The molecule has 3 nitrogen and oxygen atoms in total. The maximum Gasteiger partial charge on any atom is 0.229 e. The Morgan fingerprint density at radius 1 is 1.06 bits per heavy atom. The van der Waals surface area contributed by atoms with Crippen molar-refractivity contribution in [2.24, 2.45) is 11.3 Å². The van der Waals surface area contributed by atoms with Crippen molar-refractivity contribution in [3.63, 3.8) is 0 Å². The molecule has 182 valence electrons. The van der Waals surface area contributed by atoms with Crippen LogP contribution in [0, 0.1) is 11.3 Å². The van der Waals surface area contributed by atoms with Crippen LogP contribution >= 0.6 is 23.2 Å². The molecule has 1 amide bonds. The standard InChI is InChI=1S/C30H32Cl2N2O/c1-5-16-30(4)19-25(22-9-8-10-24(32)18-22)28(21-12-14-23(31)15-13-21)34(29(30)35)27(20(2)3)26-11-6-7-17-33-26/h5-15,17-18,20,25,27-28H,1,16,19H2,2-4H3/t25-,27+,28-,30+/m1/s1. The van der Waals surface area contributed by atoms with Gasteiger partial charge in [0.1, 0.15) is 0 Å². The number of hydrogen-bond acceptors (Lipinski definition) is 2. The van der Waals surface area contributed by atoms with Crippen LogP contribution in [0.3, 0.4) is 0 Å². The maximum absolute atomic E-state index is 14.4. The van der Waals surface area contributed by atoms with E-state index < -0.39 is 5.41 Å². The lowest BCUT2D eigenvalue weighted by atomic mass is 9.66. The van der Waals surface area contributed by atoms with Crippen molar-refractivity contribution in [1.82, 2.24) is 9.88 Å². The molecule has 3 aromatic rings. The molecule has 4 atom stereocenters. The third kappa shape index (κ3) is 5.17. The van der Waals surface area contributed by atoms with E-state index >= 15 is 0 Å². The number of nitrogens with zero attached hydrogens (tertiary/aromatic N) is 2. The van der Waals surface area contributed by atoms with Crippen molar-refractivity contribution >= 4 is 29.1 Å². The smallest absolute Gasteiger partial charge is 0.229 e. The molecule has 1 fully saturated rings. The number of halogens is 2. The fraction of sp³-hybridized carbons (Fsp3) is 0.333. The van der Waals surface area contributed by atoms with Gasteiger partial charge in [-0.1, -0.05) is 80.4 Å². The Morgan fingerprint density at radius 3 is 2.40 bits per heavy atom. The first kappa shape index (κ1) is 25.5. The molecular weight excluding hydrogens is 475 g/mol. The average molecular weight is 508 g/mol. The van der Waals surface area contributed by atoms with Crippen molar-refractivity contribution < 1.29 is 4.79 Å². The Morgan fingerprint density at radius 2 is 1.80 bits per heavy atom. The van der Waals surface area contributed by atoms with E-state index in [1.165, 1.54) is 0 Å². The lowest BCUT2D eigenvalue weighted by Gasteiger charge is -2.52. The Bertz CT molecular complexity index is 1180. The highest BCUT2D eigenvalue weighted by molar-refractivity contribution is 6.30. The number of hydrogen-bond donors (Lipinski definition) is 0. The first-order chi connectivity index (χ1) is 16.7. The zero-order valence-corrected chi connectivity index (χ0v) is 22.0. The minimum atomic E-state index is -0.598. The van der Waals surface area contributed by atoms with Gasteiger partial charge >= 0.3 is 0 Å². The number of aromatic nitrogens is 1. The summed E-state index contributed by atoms with van der Waals surface area (Å²) in [6.45, 7) is 10.3. The molecule has 4 rings (SSSR count). The molecule has 1 aromatic heterocycles. The molecule has 0 saturated carbocycles. The number of carbonyl (C=O) groups is 1. The van der Waals surface area contributed by atoms with E-state index in [1.54, 1.807) is 6.20 Å². The van der Waals surface area contributed by atoms with Crippen molar-refractivity contribution in [3.8, 4) is 0 Å². The molecule has 0 aliphatic carbocycles. The number of likely N-dealkylation sites (tertiary alicyclic amines) is 1. The van der Waals surface area contributed by atoms with Gasteiger partial charge in [0.15, 0.2) is 0 Å². The van der Waals surface area contributed by atoms with Gasteiger partial charge in [-0.05, 0) is 66.3 Å². The zero-order chi connectivity index (χ0) is 25.2. The summed E-state index contributed by atoms with van der Waals surface area (Å²) in [5, 5.41) is 1.36. The highest BCUT2D eigenvalue weighted by Crippen LogP contribution is 2.54. The van der Waals surface area contributed by atoms with Gasteiger partial charge in [-0.2, -0.15) is 0 Å². The van der Waals surface area contributed by atoms with E-state index in [-0.39, 0.29) is 29.8 Å². The minimum Gasteiger partial charge on any atom is -0.326 e. The molecular formula is C30H32Cl2N2O. The first-order valence-corrected chi connectivity index (χ1v) is 12.9. The fourth-order valence-electron chi connectivity index (χ4n) is 5.55. The number of allylic oxidation sites excluding steroid dienone is 1. The Hall–Kier alpha value is -2.62. The molecule has 2 heterocycles. The molecule has 0 spiro atoms. The van der Waals surface area contributed by atoms with E-state index in [1.807, 2.05) is 66.7 Å². The molecule has 0 radical (unpaired) electrons. The van der Waals surface area contributed by atoms with E-state index in [0.29, 0.717) is 22.9 Å². The third-order valence-electron chi connectivity index (χ3n) is 7.11. The second kappa shape index (κ2) is 10.6. The maximum atomic E-state index is 14.4. The van der Waals surface area contributed by atoms with Crippen LogP contribution in [0.5, 0.6) is 0 Å². The summed E-state index contributed by atoms with van der Waals surface area (Å²) in [7, 11) is 0. The van der Waals surface area contributed by atoms with Crippen LogP contribution in [0.15, 0.2) is 85.6 Å². The lowest BCUT2D eigenvalue weighted by Crippen LogP contribution is -2.54. The summed E-state index contributed by atoms with van der Waals surface area (Å²) in [6, 6.07) is 21.4. The van der Waals surface area contributed by atoms with E-state index in [9.17, 15) is 4.79 Å². The van der Waals surface area contributed by atoms with Crippen LogP contribution in [0.4, 0.5) is 0 Å². The minimum absolute atomic E-state index is 0.0301. The third-order valence-corrected chi connectivity index (χ3v) is 7.59. The number of benzene rings is 2. The molecule has 1 aliphatic heterocycles. The summed E-state index contributed by atoms with van der Waals surface area (Å²) >= 11 is 12.7. The van der Waals surface area contributed by atoms with E-state index in [0.717, 1.165) is 16.8 Å². The van der Waals surface area contributed by atoms with Crippen molar-refractivity contribution in [2.45, 2.75) is 51.6 Å². The van der Waals surface area contributed by atoms with Gasteiger partial charge < -0.3 is 4.90 Å². The molecule has 1 aliphatic rings. The van der Waals surface area contributed by atoms with Crippen LogP contribution in [-0.2, 0) is 4.79 Å². The summed E-state index contributed by atoms with van der Waals surface area (Å²) in [5.41, 5.74) is 2.46. The molecule has 35 heavy (non-hydrogen) atoms. The van der Waals surface area contributed by atoms with E-state index in [4.69, 9.17) is 28.2 Å². The monoisotopic (exact) mass is 506 g/mol. The summed E-state index contributed by atoms with van der Waals surface area (Å²) in [4.78, 5) is 21.2. The molecule has 2 aromatic carbocycles. The molecule has 5 heteroatoms. The summed E-state index contributed by atoms with van der Waals surface area (Å²) in [5.74, 6) is 0.303. The molecule has 0 unspecified atom stereocenters. The number of pyridine rings is 1. The highest BCUT2D eigenvalue weighted by Gasteiger charge is 2.52. The second-order valence-corrected chi connectivity index (χ2v) is 10.9. The highest BCUT2D eigenvalue weighted by atomic mass is 35.5. The Balaban J connectivity index is 1.97. The van der Waals surface area contributed by atoms with Crippen LogP contribution < -0.4 is 0 Å². The van der Waals surface area contributed by atoms with Gasteiger partial charge in [-0.3, -0.25) is 9.78 Å². The Labute approximate surface area is 218 Å². The second-order valence-electron chi connectivity index (χ2n) is 10.1. The summed E-state index contributed by atoms with van der Waals surface area (Å²) in [6.07, 6.45) is 4.95. The van der Waals surface area contributed by atoms with Crippen LogP contribution in [0.2, 0.25) is 10.0 Å². The molecule has 1 saturated heterocycles. The zero-order valence-electron chi connectivity index (χ0n) is 20.5. The predicted molar refractivity (Wildman–Crippen MR) is 145 cm³/mol. The normalized spacial score (nSPS) is 23.4. The van der Waals surface area contributed by atoms with Crippen LogP contribution in [0.1, 0.15) is 68.4 Å². The van der Waals surface area contributed by atoms with Gasteiger partial charge in [0, 0.05) is 22.2 Å². The van der Waals surface area contributed by atoms with Gasteiger partial charge in [0.05, 0.1) is 23.2 Å². The first-order valence-electron chi connectivity index (χ1n) is 12.1. The van der Waals surface area contributed by atoms with Crippen molar-refractivity contribution in [3.05, 3.63) is 112 Å². The van der Waals surface area contributed by atoms with Crippen molar-refractivity contribution in [1.29, 1.82) is 0 Å². The van der Waals surface area contributed by atoms with Crippen LogP contribution in [-0.4, -0.2) is 15.8 Å². The fourth-order valence-corrected chi connectivity index (χ4v) is 5.88. The van der Waals surface area contributed by atoms with Gasteiger partial charge in [0.25, 0.3) is 0 Å². The number of carbonyl (C=O) groups excluding carboxylic acids is 1. The predicted octanol–water partition coefficient (Wildman–Crippen LogP) is 8.43. The van der Waals surface area contributed by atoms with E-state index in [2.05, 4.69) is 38.3 Å². The average Bonchev–Trinajstić information content (AvgIpc) is 2.83. The van der Waals surface area contributed by atoms with Crippen molar-refractivity contribution in [2.75, 3.05) is 0 Å². The van der Waals surface area contributed by atoms with Gasteiger partial charge in [-0.25, -0.2) is 0 Å². The largest absolute Gasteiger partial charge is 0.326 e. The molecule has 0 N–H and O–H groups in total. The topological polar surface area (TPSA) is 33.2 Å². The SMILES string of the molecule is C=CC[C@@]1(C)C[C@H](c2cccc(Cl)c2)[C@@H](c2ccc(Cl)cc2)N([C@H](c2ccccn2)C(C)C)C1=O. The van der Waals surface area contributed by atoms with Crippen LogP contribution in [0.25, 0.3) is 0 Å². The molecule has 0 bridgehead atoms.